The normalized spacial score (nSPS) is 11.2. The number of aromatic nitrogens is 1. The van der Waals surface area contributed by atoms with E-state index in [2.05, 4.69) is 15.6 Å². The summed E-state index contributed by atoms with van der Waals surface area (Å²) in [6.45, 7) is 9.47. The number of benzene rings is 1. The van der Waals surface area contributed by atoms with E-state index in [1.807, 2.05) is 27.7 Å². The number of hydrogen-bond donors (Lipinski definition) is 2. The molecule has 6 nitrogen and oxygen atoms in total. The Kier molecular flexibility index (Phi) is 5.62. The highest BCUT2D eigenvalue weighted by molar-refractivity contribution is 5.92. The molecule has 0 aliphatic heterocycles. The summed E-state index contributed by atoms with van der Waals surface area (Å²) >= 11 is 0. The van der Waals surface area contributed by atoms with Gasteiger partial charge in [0.15, 0.2) is 5.89 Å². The van der Waals surface area contributed by atoms with Gasteiger partial charge in [0.25, 0.3) is 0 Å². The fraction of sp³-hybridized carbons (Fsp3) is 0.421. The zero-order chi connectivity index (χ0) is 18.6. The summed E-state index contributed by atoms with van der Waals surface area (Å²) in [5, 5.41) is 5.52. The Labute approximate surface area is 148 Å². The molecule has 134 valence electrons. The van der Waals surface area contributed by atoms with E-state index in [1.165, 1.54) is 6.92 Å². The van der Waals surface area contributed by atoms with Crippen LogP contribution in [0.3, 0.4) is 0 Å². The van der Waals surface area contributed by atoms with Crippen molar-refractivity contribution in [1.82, 2.24) is 4.98 Å². The summed E-state index contributed by atoms with van der Waals surface area (Å²) < 4.78 is 5.80. The maximum Gasteiger partial charge on any atom is 0.224 e. The quantitative estimate of drug-likeness (QED) is 0.864. The number of nitrogens with zero attached hydrogens (tertiary/aromatic N) is 1. The average Bonchev–Trinajstić information content (AvgIpc) is 2.88. The first kappa shape index (κ1) is 18.7. The van der Waals surface area contributed by atoms with Crippen molar-refractivity contribution in [2.24, 2.45) is 0 Å². The van der Waals surface area contributed by atoms with E-state index in [0.29, 0.717) is 30.1 Å². The van der Waals surface area contributed by atoms with E-state index in [-0.39, 0.29) is 17.2 Å². The highest BCUT2D eigenvalue weighted by Crippen LogP contribution is 2.24. The molecule has 0 atom stereocenters. The lowest BCUT2D eigenvalue weighted by Crippen LogP contribution is -2.12. The minimum Gasteiger partial charge on any atom is -0.445 e. The predicted octanol–water partition coefficient (Wildman–Crippen LogP) is 3.81. The lowest BCUT2D eigenvalue weighted by atomic mass is 9.97. The Balaban J connectivity index is 1.90. The van der Waals surface area contributed by atoms with Crippen LogP contribution in [0.25, 0.3) is 0 Å². The topological polar surface area (TPSA) is 84.2 Å². The van der Waals surface area contributed by atoms with Gasteiger partial charge in [0.05, 0.1) is 5.69 Å². The van der Waals surface area contributed by atoms with Gasteiger partial charge in [0, 0.05) is 36.6 Å². The maximum absolute atomic E-state index is 12.1. The summed E-state index contributed by atoms with van der Waals surface area (Å²) in [6, 6.07) is 6.99. The van der Waals surface area contributed by atoms with Gasteiger partial charge >= 0.3 is 0 Å². The molecule has 25 heavy (non-hydrogen) atoms. The monoisotopic (exact) mass is 343 g/mol. The zero-order valence-electron chi connectivity index (χ0n) is 15.4. The van der Waals surface area contributed by atoms with Crippen LogP contribution < -0.4 is 10.6 Å². The largest absolute Gasteiger partial charge is 0.445 e. The number of anilines is 2. The first-order chi connectivity index (χ1) is 11.6. The third kappa shape index (κ3) is 5.45. The van der Waals surface area contributed by atoms with Crippen molar-refractivity contribution in [2.45, 2.75) is 52.9 Å². The average molecular weight is 343 g/mol. The van der Waals surface area contributed by atoms with E-state index in [0.717, 1.165) is 11.5 Å². The molecule has 1 heterocycles. The molecule has 0 radical (unpaired) electrons. The van der Waals surface area contributed by atoms with Crippen LogP contribution >= 0.6 is 0 Å². The van der Waals surface area contributed by atoms with Crippen LogP contribution in [0.1, 0.15) is 51.5 Å². The predicted molar refractivity (Wildman–Crippen MR) is 97.6 cm³/mol. The van der Waals surface area contributed by atoms with Gasteiger partial charge in [-0.2, -0.15) is 0 Å². The molecule has 0 aliphatic rings. The molecule has 2 N–H and O–H groups in total. The summed E-state index contributed by atoms with van der Waals surface area (Å²) in [5.41, 5.74) is 2.06. The Morgan fingerprint density at radius 3 is 2.12 bits per heavy atom. The Hall–Kier alpha value is -2.63. The van der Waals surface area contributed by atoms with Gasteiger partial charge in [0.1, 0.15) is 5.76 Å². The Morgan fingerprint density at radius 2 is 1.64 bits per heavy atom. The van der Waals surface area contributed by atoms with Gasteiger partial charge < -0.3 is 15.1 Å². The molecule has 6 heteroatoms. The standard InChI is InChI=1S/C19H25N3O3/c1-12-16(25-18(20-12)19(3,4)5)10-11-17(24)22-15-8-6-14(7-9-15)21-13(2)23/h6-9H,10-11H2,1-5H3,(H,21,23)(H,22,24). The Morgan fingerprint density at radius 1 is 1.08 bits per heavy atom. The number of amides is 2. The molecule has 0 bridgehead atoms. The molecular weight excluding hydrogens is 318 g/mol. The van der Waals surface area contributed by atoms with Crippen LogP contribution in [0.2, 0.25) is 0 Å². The third-order valence-electron chi connectivity index (χ3n) is 3.60. The number of nitrogens with one attached hydrogen (secondary N) is 2. The second kappa shape index (κ2) is 7.51. The number of rotatable bonds is 5. The summed E-state index contributed by atoms with van der Waals surface area (Å²) in [6.07, 6.45) is 0.817. The van der Waals surface area contributed by atoms with Crippen molar-refractivity contribution in [3.8, 4) is 0 Å². The van der Waals surface area contributed by atoms with Crippen LogP contribution in [0.4, 0.5) is 11.4 Å². The molecule has 2 rings (SSSR count). The van der Waals surface area contributed by atoms with Crippen LogP contribution in [-0.2, 0) is 21.4 Å². The second-order valence-corrected chi connectivity index (χ2v) is 7.08. The van der Waals surface area contributed by atoms with Gasteiger partial charge in [-0.3, -0.25) is 9.59 Å². The minimum atomic E-state index is -0.152. The lowest BCUT2D eigenvalue weighted by molar-refractivity contribution is -0.116. The van der Waals surface area contributed by atoms with Gasteiger partial charge in [-0.15, -0.1) is 0 Å². The van der Waals surface area contributed by atoms with Gasteiger partial charge in [0.2, 0.25) is 11.8 Å². The lowest BCUT2D eigenvalue weighted by Gasteiger charge is -2.12. The second-order valence-electron chi connectivity index (χ2n) is 7.08. The van der Waals surface area contributed by atoms with Crippen LogP contribution in [0, 0.1) is 6.92 Å². The van der Waals surface area contributed by atoms with Crippen molar-refractivity contribution in [1.29, 1.82) is 0 Å². The van der Waals surface area contributed by atoms with Crippen molar-refractivity contribution in [3.63, 3.8) is 0 Å². The molecule has 0 unspecified atom stereocenters. The van der Waals surface area contributed by atoms with E-state index in [4.69, 9.17) is 4.42 Å². The summed E-state index contributed by atoms with van der Waals surface area (Å²) in [4.78, 5) is 27.6. The van der Waals surface area contributed by atoms with Crippen molar-refractivity contribution in [3.05, 3.63) is 41.6 Å². The van der Waals surface area contributed by atoms with Gasteiger partial charge in [-0.25, -0.2) is 4.98 Å². The number of carbonyl (C=O) groups excluding carboxylic acids is 2. The molecule has 0 saturated heterocycles. The summed E-state index contributed by atoms with van der Waals surface area (Å²) in [7, 11) is 0. The molecule has 1 aromatic heterocycles. The first-order valence-corrected chi connectivity index (χ1v) is 8.29. The molecule has 0 spiro atoms. The molecule has 0 aliphatic carbocycles. The Bertz CT molecular complexity index is 755. The van der Waals surface area contributed by atoms with Crippen LogP contribution in [-0.4, -0.2) is 16.8 Å². The number of oxazole rings is 1. The smallest absolute Gasteiger partial charge is 0.224 e. The molecule has 1 aromatic carbocycles. The fourth-order valence-electron chi connectivity index (χ4n) is 2.27. The van der Waals surface area contributed by atoms with Crippen molar-refractivity contribution < 1.29 is 14.0 Å². The summed E-state index contributed by atoms with van der Waals surface area (Å²) in [5.74, 6) is 1.21. The fourth-order valence-corrected chi connectivity index (χ4v) is 2.27. The van der Waals surface area contributed by atoms with E-state index < -0.39 is 0 Å². The van der Waals surface area contributed by atoms with E-state index >= 15 is 0 Å². The van der Waals surface area contributed by atoms with E-state index in [1.54, 1.807) is 24.3 Å². The van der Waals surface area contributed by atoms with Gasteiger partial charge in [-0.1, -0.05) is 20.8 Å². The zero-order valence-corrected chi connectivity index (χ0v) is 15.4. The SMILES string of the molecule is CC(=O)Nc1ccc(NC(=O)CCc2oc(C(C)(C)C)nc2C)cc1. The first-order valence-electron chi connectivity index (χ1n) is 8.29. The molecule has 2 aromatic rings. The maximum atomic E-state index is 12.1. The number of carbonyl (C=O) groups is 2. The van der Waals surface area contributed by atoms with Gasteiger partial charge in [-0.05, 0) is 31.2 Å². The van der Waals surface area contributed by atoms with Crippen molar-refractivity contribution >= 4 is 23.2 Å². The number of aryl methyl sites for hydroxylation is 2. The van der Waals surface area contributed by atoms with Crippen LogP contribution in [0.15, 0.2) is 28.7 Å². The van der Waals surface area contributed by atoms with Crippen LogP contribution in [0.5, 0.6) is 0 Å². The third-order valence-corrected chi connectivity index (χ3v) is 3.60. The molecule has 0 fully saturated rings. The number of hydrogen-bond acceptors (Lipinski definition) is 4. The highest BCUT2D eigenvalue weighted by Gasteiger charge is 2.22. The van der Waals surface area contributed by atoms with Crippen molar-refractivity contribution in [2.75, 3.05) is 10.6 Å². The minimum absolute atomic E-state index is 0.0969. The molecular formula is C19H25N3O3. The molecule has 2 amide bonds. The highest BCUT2D eigenvalue weighted by atomic mass is 16.4. The van der Waals surface area contributed by atoms with E-state index in [9.17, 15) is 9.59 Å². The molecule has 0 saturated carbocycles.